The van der Waals surface area contributed by atoms with Crippen LogP contribution in [0.4, 0.5) is 15.9 Å². The van der Waals surface area contributed by atoms with Gasteiger partial charge in [-0.3, -0.25) is 9.59 Å². The zero-order valence-electron chi connectivity index (χ0n) is 24.6. The molecule has 44 heavy (non-hydrogen) atoms. The zero-order valence-corrected chi connectivity index (χ0v) is 25.4. The Bertz CT molecular complexity index is 1490. The molecule has 1 aromatic carbocycles. The average Bonchev–Trinajstić information content (AvgIpc) is 3.42. The number of pyridine rings is 1. The summed E-state index contributed by atoms with van der Waals surface area (Å²) in [5.41, 5.74) is 4.97. The molecule has 0 bridgehead atoms. The lowest BCUT2D eigenvalue weighted by molar-refractivity contribution is -0.129. The van der Waals surface area contributed by atoms with Crippen LogP contribution < -0.4 is 21.0 Å². The Kier molecular flexibility index (Phi) is 8.63. The number of hydrogen-bond donors (Lipinski definition) is 3. The highest BCUT2D eigenvalue weighted by Crippen LogP contribution is 2.42. The van der Waals surface area contributed by atoms with Gasteiger partial charge in [-0.1, -0.05) is 0 Å². The molecule has 0 aliphatic carbocycles. The molecule has 4 aliphatic heterocycles. The van der Waals surface area contributed by atoms with E-state index in [1.807, 2.05) is 57.8 Å². The van der Waals surface area contributed by atoms with E-state index in [2.05, 4.69) is 27.1 Å². The molecule has 5 atom stereocenters. The summed E-state index contributed by atoms with van der Waals surface area (Å²) in [7, 11) is 0. The number of halogens is 1. The minimum atomic E-state index is -1.41. The van der Waals surface area contributed by atoms with Crippen molar-refractivity contribution in [3.63, 3.8) is 0 Å². The Labute approximate surface area is 260 Å². The number of aryl methyl sites for hydroxylation is 1. The fourth-order valence-corrected chi connectivity index (χ4v) is 7.88. The third-order valence-corrected chi connectivity index (χ3v) is 10.3. The average molecular weight is 618 g/mol. The first kappa shape index (κ1) is 30.1. The number of nitrogens with zero attached hydrogens (tertiary/aromatic N) is 6. The molecule has 0 spiro atoms. The molecule has 11 nitrogen and oxygen atoms in total. The van der Waals surface area contributed by atoms with Gasteiger partial charge in [0.15, 0.2) is 0 Å². The Morgan fingerprint density at radius 2 is 2.05 bits per heavy atom. The molecular weight excluding hydrogens is 581 g/mol. The summed E-state index contributed by atoms with van der Waals surface area (Å²) >= 11 is 1.85. The molecule has 13 heteroatoms. The number of nitrogens with one attached hydrogen (secondary N) is 3. The molecule has 3 N–H and O–H groups in total. The first-order valence-electron chi connectivity index (χ1n) is 15.0. The number of piperidine rings is 2. The quantitative estimate of drug-likeness (QED) is 0.443. The summed E-state index contributed by atoms with van der Waals surface area (Å²) in [6.07, 6.45) is 0.438. The van der Waals surface area contributed by atoms with Gasteiger partial charge >= 0.3 is 0 Å². The van der Waals surface area contributed by atoms with Gasteiger partial charge in [0.2, 0.25) is 5.91 Å². The predicted molar refractivity (Wildman–Crippen MR) is 165 cm³/mol. The molecule has 0 radical (unpaired) electrons. The van der Waals surface area contributed by atoms with Gasteiger partial charge < -0.3 is 20.4 Å². The summed E-state index contributed by atoms with van der Waals surface area (Å²) in [4.78, 5) is 34.5. The third kappa shape index (κ3) is 5.56. The lowest BCUT2D eigenvalue weighted by Gasteiger charge is -2.50. The van der Waals surface area contributed by atoms with Crippen molar-refractivity contribution in [1.29, 1.82) is 10.5 Å². The molecule has 6 rings (SSSR count). The molecule has 4 unspecified atom stereocenters. The van der Waals surface area contributed by atoms with E-state index in [1.54, 1.807) is 12.1 Å². The van der Waals surface area contributed by atoms with Crippen LogP contribution in [0.5, 0.6) is 0 Å². The SMILES string of the molecule is Cc1cc(NC2NN([C@]3(CC#N)CCN(c4ccc(C#N)cn4)CC3F)C3CCNC(=O)C23)ccc1C(=O)N1CCSCC1. The number of aromatic nitrogens is 1. The minimum Gasteiger partial charge on any atom is -0.368 e. The van der Waals surface area contributed by atoms with Crippen LogP contribution in [0, 0.1) is 35.5 Å². The lowest BCUT2D eigenvalue weighted by atomic mass is 9.80. The highest BCUT2D eigenvalue weighted by Gasteiger charge is 2.58. The van der Waals surface area contributed by atoms with Crippen LogP contribution in [0.15, 0.2) is 36.5 Å². The Morgan fingerprint density at radius 1 is 1.23 bits per heavy atom. The van der Waals surface area contributed by atoms with Crippen LogP contribution in [0.1, 0.15) is 40.7 Å². The summed E-state index contributed by atoms with van der Waals surface area (Å²) in [6.45, 7) is 4.36. The van der Waals surface area contributed by atoms with E-state index in [-0.39, 0.29) is 30.8 Å². The van der Waals surface area contributed by atoms with Crippen molar-refractivity contribution in [3.05, 3.63) is 53.2 Å². The monoisotopic (exact) mass is 617 g/mol. The molecule has 4 fully saturated rings. The summed E-state index contributed by atoms with van der Waals surface area (Å²) in [5, 5.41) is 27.3. The van der Waals surface area contributed by atoms with Gasteiger partial charge in [-0.2, -0.15) is 22.3 Å². The van der Waals surface area contributed by atoms with E-state index in [0.29, 0.717) is 42.9 Å². The van der Waals surface area contributed by atoms with Gasteiger partial charge in [-0.25, -0.2) is 19.8 Å². The molecular formula is C31H36FN9O2S. The largest absolute Gasteiger partial charge is 0.368 e. The highest BCUT2D eigenvalue weighted by molar-refractivity contribution is 7.99. The predicted octanol–water partition coefficient (Wildman–Crippen LogP) is 2.41. The fraction of sp³-hybridized carbons (Fsp3) is 0.516. The Hall–Kier alpha value is -3.91. The Morgan fingerprint density at radius 3 is 2.73 bits per heavy atom. The number of alkyl halides is 1. The number of amides is 2. The van der Waals surface area contributed by atoms with E-state index in [1.165, 1.54) is 6.20 Å². The van der Waals surface area contributed by atoms with Crippen LogP contribution in [0.25, 0.3) is 0 Å². The van der Waals surface area contributed by atoms with E-state index in [0.717, 1.165) is 35.8 Å². The third-order valence-electron chi connectivity index (χ3n) is 9.35. The van der Waals surface area contributed by atoms with Crippen LogP contribution in [-0.2, 0) is 4.79 Å². The summed E-state index contributed by atoms with van der Waals surface area (Å²) < 4.78 is 16.4. The number of nitriles is 2. The molecule has 2 amide bonds. The number of hydrazine groups is 1. The molecule has 1 aromatic heterocycles. The maximum Gasteiger partial charge on any atom is 0.254 e. The number of benzene rings is 1. The van der Waals surface area contributed by atoms with Crippen molar-refractivity contribution in [1.82, 2.24) is 25.6 Å². The second kappa shape index (κ2) is 12.6. The van der Waals surface area contributed by atoms with Gasteiger partial charge in [0.25, 0.3) is 5.91 Å². The topological polar surface area (TPSA) is 140 Å². The number of fused-ring (bicyclic) bond motifs is 1. The normalized spacial score (nSPS) is 28.9. The minimum absolute atomic E-state index is 0.0289. The number of carbonyl (C=O) groups is 2. The van der Waals surface area contributed by atoms with Crippen molar-refractivity contribution in [3.8, 4) is 12.1 Å². The molecule has 4 aliphatic rings. The van der Waals surface area contributed by atoms with Gasteiger partial charge in [0.05, 0.1) is 36.1 Å². The maximum atomic E-state index is 16.4. The zero-order chi connectivity index (χ0) is 30.8. The number of hydrogen-bond acceptors (Lipinski definition) is 10. The van der Waals surface area contributed by atoms with Crippen LogP contribution in [0.3, 0.4) is 0 Å². The van der Waals surface area contributed by atoms with Gasteiger partial charge in [-0.15, -0.1) is 0 Å². The van der Waals surface area contributed by atoms with E-state index in [4.69, 9.17) is 5.26 Å². The molecule has 230 valence electrons. The van der Waals surface area contributed by atoms with Crippen molar-refractivity contribution >= 4 is 35.1 Å². The first-order chi connectivity index (χ1) is 21.3. The van der Waals surface area contributed by atoms with Crippen molar-refractivity contribution in [2.75, 3.05) is 54.4 Å². The second-order valence-electron chi connectivity index (χ2n) is 11.8. The van der Waals surface area contributed by atoms with Crippen molar-refractivity contribution in [2.45, 2.75) is 50.1 Å². The standard InChI is InChI=1S/C31H36FN9O2S/c1-20-16-22(3-4-23(20)30(43)39-12-14-44-15-13-39)37-28-27-24(6-10-35-29(27)42)41(38-28)31(7-9-33)8-11-40(19-25(31)32)26-5-2-21(17-34)18-36-26/h2-5,16,18,24-25,27-28,37-38H,6-8,10-15,19H2,1H3,(H,35,42)/t24?,25?,27?,28?,31-/m1/s1. The maximum absolute atomic E-state index is 16.4. The summed E-state index contributed by atoms with van der Waals surface area (Å²) in [5.74, 6) is 1.85. The smallest absolute Gasteiger partial charge is 0.254 e. The van der Waals surface area contributed by atoms with Crippen LogP contribution >= 0.6 is 11.8 Å². The van der Waals surface area contributed by atoms with Gasteiger partial charge in [-0.05, 0) is 55.7 Å². The van der Waals surface area contributed by atoms with Gasteiger partial charge in [0.1, 0.15) is 24.2 Å². The molecule has 4 saturated heterocycles. The Balaban J connectivity index is 1.22. The van der Waals surface area contributed by atoms with Crippen LogP contribution in [0.2, 0.25) is 0 Å². The molecule has 2 aromatic rings. The number of carbonyl (C=O) groups excluding carboxylic acids is 2. The molecule has 5 heterocycles. The lowest BCUT2D eigenvalue weighted by Crippen LogP contribution is -2.67. The van der Waals surface area contributed by atoms with Crippen molar-refractivity contribution < 1.29 is 14.0 Å². The number of rotatable bonds is 6. The van der Waals surface area contributed by atoms with Crippen molar-refractivity contribution in [2.24, 2.45) is 5.92 Å². The highest BCUT2D eigenvalue weighted by atomic mass is 32.2. The van der Waals surface area contributed by atoms with E-state index >= 15 is 4.39 Å². The van der Waals surface area contributed by atoms with E-state index < -0.39 is 23.8 Å². The number of thioether (sulfide) groups is 1. The molecule has 0 saturated carbocycles. The first-order valence-corrected chi connectivity index (χ1v) is 16.2. The second-order valence-corrected chi connectivity index (χ2v) is 13.1. The van der Waals surface area contributed by atoms with E-state index in [9.17, 15) is 14.9 Å². The van der Waals surface area contributed by atoms with Crippen LogP contribution in [-0.4, -0.2) is 94.9 Å². The van der Waals surface area contributed by atoms with Gasteiger partial charge in [0, 0.05) is 61.2 Å². The number of anilines is 2. The summed E-state index contributed by atoms with van der Waals surface area (Å²) in [6, 6.07) is 12.9. The fourth-order valence-electron chi connectivity index (χ4n) is 6.97.